The third kappa shape index (κ3) is 5.09. The number of imide groups is 1. The highest BCUT2D eigenvalue weighted by Crippen LogP contribution is 2.34. The fourth-order valence-electron chi connectivity index (χ4n) is 2.30. The second-order valence-electron chi connectivity index (χ2n) is 5.47. The number of benzene rings is 2. The molecular weight excluding hydrogens is 616 g/mol. The maximum atomic E-state index is 12.5. The molecule has 2 aromatic rings. The smallest absolute Gasteiger partial charge is 0.293 e. The average molecular weight is 628 g/mol. The molecule has 0 spiro atoms. The number of hydrogen-bond acceptors (Lipinski definition) is 5. The van der Waals surface area contributed by atoms with Crippen LogP contribution in [0.4, 0.5) is 4.79 Å². The number of carbonyl (C=O) groups excluding carboxylic acids is 2. The molecule has 1 aliphatic rings. The molecule has 2 amide bonds. The Labute approximate surface area is 192 Å². The number of ether oxygens (including phenoxy) is 1. The lowest BCUT2D eigenvalue weighted by molar-refractivity contribution is -0.123. The molecule has 0 bridgehead atoms. The van der Waals surface area contributed by atoms with Crippen LogP contribution in [0.1, 0.15) is 5.56 Å². The number of hydrogen-bond donors (Lipinski definition) is 1. The summed E-state index contributed by atoms with van der Waals surface area (Å²) in [6.07, 6.45) is 1.66. The number of halogens is 3. The zero-order valence-corrected chi connectivity index (χ0v) is 19.5. The molecular formula is C18H12ClI2NO4S. The largest absolute Gasteiger partial charge is 0.506 e. The predicted octanol–water partition coefficient (Wildman–Crippen LogP) is 5.37. The topological polar surface area (TPSA) is 66.8 Å². The molecule has 0 atom stereocenters. The minimum absolute atomic E-state index is 0.162. The van der Waals surface area contributed by atoms with Crippen LogP contribution < -0.4 is 4.74 Å². The monoisotopic (exact) mass is 627 g/mol. The van der Waals surface area contributed by atoms with Gasteiger partial charge in [0.25, 0.3) is 11.1 Å². The van der Waals surface area contributed by atoms with Gasteiger partial charge < -0.3 is 9.84 Å². The van der Waals surface area contributed by atoms with Crippen molar-refractivity contribution in [2.75, 3.05) is 13.2 Å². The summed E-state index contributed by atoms with van der Waals surface area (Å²) in [7, 11) is 0. The molecule has 0 radical (unpaired) electrons. The van der Waals surface area contributed by atoms with Crippen molar-refractivity contribution in [3.05, 3.63) is 59.0 Å². The molecule has 1 fully saturated rings. The molecule has 5 nitrogen and oxygen atoms in total. The first-order valence-electron chi connectivity index (χ1n) is 7.67. The van der Waals surface area contributed by atoms with E-state index in [2.05, 4.69) is 0 Å². The molecule has 1 saturated heterocycles. The second-order valence-corrected chi connectivity index (χ2v) is 9.22. The lowest BCUT2D eigenvalue weighted by Crippen LogP contribution is -2.32. The van der Waals surface area contributed by atoms with Crippen LogP contribution in [0.15, 0.2) is 41.3 Å². The molecule has 0 unspecified atom stereocenters. The normalized spacial score (nSPS) is 15.7. The van der Waals surface area contributed by atoms with Crippen molar-refractivity contribution in [2.24, 2.45) is 0 Å². The molecule has 0 aromatic heterocycles. The van der Waals surface area contributed by atoms with Crippen molar-refractivity contribution < 1.29 is 19.4 Å². The van der Waals surface area contributed by atoms with Gasteiger partial charge in [0.15, 0.2) is 0 Å². The molecule has 3 rings (SSSR count). The van der Waals surface area contributed by atoms with Gasteiger partial charge in [0, 0.05) is 5.02 Å². The summed E-state index contributed by atoms with van der Waals surface area (Å²) in [5.74, 6) is 0.485. The van der Waals surface area contributed by atoms with E-state index < -0.39 is 0 Å². The number of phenols is 1. The Morgan fingerprint density at radius 2 is 1.78 bits per heavy atom. The maximum absolute atomic E-state index is 12.5. The average Bonchev–Trinajstić information content (AvgIpc) is 2.88. The number of carbonyl (C=O) groups is 2. The summed E-state index contributed by atoms with van der Waals surface area (Å²) in [6.45, 7) is 0.358. The molecule has 1 aliphatic heterocycles. The number of rotatable bonds is 5. The first kappa shape index (κ1) is 20.7. The number of amides is 2. The van der Waals surface area contributed by atoms with Crippen LogP contribution >= 0.6 is 68.5 Å². The third-order valence-electron chi connectivity index (χ3n) is 3.61. The molecule has 0 aliphatic carbocycles. The van der Waals surface area contributed by atoms with Crippen molar-refractivity contribution in [3.8, 4) is 11.5 Å². The summed E-state index contributed by atoms with van der Waals surface area (Å²) in [6, 6.07) is 10.4. The van der Waals surface area contributed by atoms with Crippen molar-refractivity contribution in [2.45, 2.75) is 0 Å². The van der Waals surface area contributed by atoms with E-state index in [0.29, 0.717) is 22.8 Å². The van der Waals surface area contributed by atoms with Gasteiger partial charge in [-0.3, -0.25) is 14.5 Å². The highest BCUT2D eigenvalue weighted by molar-refractivity contribution is 14.1. The molecule has 9 heteroatoms. The first-order chi connectivity index (χ1) is 12.8. The quantitative estimate of drug-likeness (QED) is 0.357. The second kappa shape index (κ2) is 9.01. The summed E-state index contributed by atoms with van der Waals surface area (Å²) in [4.78, 5) is 26.2. The molecule has 27 heavy (non-hydrogen) atoms. The van der Waals surface area contributed by atoms with Gasteiger partial charge in [-0.15, -0.1) is 0 Å². The zero-order valence-electron chi connectivity index (χ0n) is 13.6. The maximum Gasteiger partial charge on any atom is 0.293 e. The van der Waals surface area contributed by atoms with Crippen LogP contribution in [-0.4, -0.2) is 34.3 Å². The van der Waals surface area contributed by atoms with Gasteiger partial charge in [0.05, 0.1) is 18.6 Å². The third-order valence-corrected chi connectivity index (χ3v) is 6.41. The van der Waals surface area contributed by atoms with Gasteiger partial charge in [-0.1, -0.05) is 11.6 Å². The van der Waals surface area contributed by atoms with Gasteiger partial charge >= 0.3 is 0 Å². The lowest BCUT2D eigenvalue weighted by Gasteiger charge is -2.13. The highest BCUT2D eigenvalue weighted by Gasteiger charge is 2.34. The molecule has 0 saturated carbocycles. The van der Waals surface area contributed by atoms with Crippen LogP contribution in [0.2, 0.25) is 5.02 Å². The van der Waals surface area contributed by atoms with E-state index in [-0.39, 0.29) is 30.0 Å². The van der Waals surface area contributed by atoms with Crippen LogP contribution in [0.25, 0.3) is 6.08 Å². The number of nitrogens with zero attached hydrogens (tertiary/aromatic N) is 1. The summed E-state index contributed by atoms with van der Waals surface area (Å²) in [5, 5.41) is 10.1. The zero-order chi connectivity index (χ0) is 19.6. The minimum atomic E-state index is -0.345. The van der Waals surface area contributed by atoms with Gasteiger partial charge in [0.1, 0.15) is 18.1 Å². The van der Waals surface area contributed by atoms with Crippen LogP contribution in [0, 0.1) is 7.14 Å². The van der Waals surface area contributed by atoms with Crippen molar-refractivity contribution >= 4 is 85.8 Å². The fraction of sp³-hybridized carbons (Fsp3) is 0.111. The van der Waals surface area contributed by atoms with E-state index in [1.807, 2.05) is 45.2 Å². The van der Waals surface area contributed by atoms with Crippen molar-refractivity contribution in [1.82, 2.24) is 4.90 Å². The fourth-order valence-corrected chi connectivity index (χ4v) is 5.11. The van der Waals surface area contributed by atoms with Gasteiger partial charge in [-0.25, -0.2) is 0 Å². The molecule has 1 heterocycles. The summed E-state index contributed by atoms with van der Waals surface area (Å²) >= 11 is 10.8. The van der Waals surface area contributed by atoms with E-state index >= 15 is 0 Å². The highest BCUT2D eigenvalue weighted by atomic mass is 127. The Morgan fingerprint density at radius 3 is 2.41 bits per heavy atom. The lowest BCUT2D eigenvalue weighted by atomic mass is 10.2. The number of thioether (sulfide) groups is 1. The van der Waals surface area contributed by atoms with Crippen LogP contribution in [-0.2, 0) is 4.79 Å². The Bertz CT molecular complexity index is 910. The minimum Gasteiger partial charge on any atom is -0.506 e. The van der Waals surface area contributed by atoms with Gasteiger partial charge in [-0.2, -0.15) is 0 Å². The Morgan fingerprint density at radius 1 is 1.15 bits per heavy atom. The van der Waals surface area contributed by atoms with Gasteiger partial charge in [-0.05, 0) is 105 Å². The van der Waals surface area contributed by atoms with Crippen LogP contribution in [0.5, 0.6) is 11.5 Å². The number of phenolic OH excluding ortho intramolecular Hbond substituents is 1. The van der Waals surface area contributed by atoms with E-state index in [9.17, 15) is 14.7 Å². The number of aromatic hydroxyl groups is 1. The summed E-state index contributed by atoms with van der Waals surface area (Å²) < 4.78 is 6.92. The van der Waals surface area contributed by atoms with E-state index in [1.165, 1.54) is 4.90 Å². The Hall–Kier alpha value is -0.980. The van der Waals surface area contributed by atoms with E-state index in [4.69, 9.17) is 16.3 Å². The Balaban J connectivity index is 1.66. The van der Waals surface area contributed by atoms with Crippen molar-refractivity contribution in [1.29, 1.82) is 0 Å². The SMILES string of the molecule is O=C1S/C(=C\c2cc(I)c(O)c(I)c2)C(=O)N1CCOc1ccc(Cl)cc1. The molecule has 2 aromatic carbocycles. The standard InChI is InChI=1S/C18H12ClI2NO4S/c19-11-1-3-12(4-2-11)26-6-5-22-17(24)15(27-18(22)25)9-10-7-13(20)16(23)14(21)8-10/h1-4,7-9,23H,5-6H2/b15-9-. The van der Waals surface area contributed by atoms with Gasteiger partial charge in [0.2, 0.25) is 0 Å². The molecule has 140 valence electrons. The van der Waals surface area contributed by atoms with Crippen molar-refractivity contribution in [3.63, 3.8) is 0 Å². The predicted molar refractivity (Wildman–Crippen MR) is 123 cm³/mol. The van der Waals surface area contributed by atoms with Crippen LogP contribution in [0.3, 0.4) is 0 Å². The molecule has 1 N–H and O–H groups in total. The van der Waals surface area contributed by atoms with E-state index in [1.54, 1.807) is 42.5 Å². The Kier molecular flexibility index (Phi) is 6.93. The first-order valence-corrected chi connectivity index (χ1v) is 11.0. The summed E-state index contributed by atoms with van der Waals surface area (Å²) in [5.41, 5.74) is 0.754. The van der Waals surface area contributed by atoms with E-state index in [0.717, 1.165) is 17.3 Å².